The average Bonchev–Trinajstić information content (AvgIpc) is 2.86. The van der Waals surface area contributed by atoms with Crippen molar-refractivity contribution in [2.75, 3.05) is 6.54 Å². The number of hydrogen-bond acceptors (Lipinski definition) is 2. The number of hydrogen-bond donors (Lipinski definition) is 1. The minimum Gasteiger partial charge on any atom is -0.472 e. The maximum Gasteiger partial charge on any atom is 0.0935 e. The predicted octanol–water partition coefficient (Wildman–Crippen LogP) is 4.35. The van der Waals surface area contributed by atoms with E-state index in [4.69, 9.17) is 27.6 Å². The number of halogens is 2. The van der Waals surface area contributed by atoms with E-state index in [0.29, 0.717) is 11.1 Å². The third kappa shape index (κ3) is 4.27. The molecule has 0 saturated heterocycles. The summed E-state index contributed by atoms with van der Waals surface area (Å²) in [5, 5.41) is 4.87. The predicted molar refractivity (Wildman–Crippen MR) is 80.0 cm³/mol. The zero-order chi connectivity index (χ0) is 13.7. The largest absolute Gasteiger partial charge is 0.472 e. The van der Waals surface area contributed by atoms with Gasteiger partial charge in [-0.15, -0.1) is 0 Å². The first-order valence-corrected chi connectivity index (χ1v) is 7.13. The second-order valence-electron chi connectivity index (χ2n) is 4.53. The number of benzene rings is 1. The molecule has 102 valence electrons. The van der Waals surface area contributed by atoms with Crippen molar-refractivity contribution in [3.8, 4) is 0 Å². The Kier molecular flexibility index (Phi) is 5.32. The lowest BCUT2D eigenvalue weighted by Crippen LogP contribution is -2.33. The molecule has 0 aliphatic heterocycles. The van der Waals surface area contributed by atoms with Crippen LogP contribution in [0.4, 0.5) is 0 Å². The van der Waals surface area contributed by atoms with Crippen molar-refractivity contribution in [3.05, 3.63) is 58.0 Å². The van der Waals surface area contributed by atoms with Gasteiger partial charge in [0.25, 0.3) is 0 Å². The first-order valence-electron chi connectivity index (χ1n) is 6.37. The van der Waals surface area contributed by atoms with Crippen molar-refractivity contribution in [2.45, 2.75) is 25.8 Å². The monoisotopic (exact) mass is 297 g/mol. The first kappa shape index (κ1) is 14.4. The smallest absolute Gasteiger partial charge is 0.0935 e. The van der Waals surface area contributed by atoms with E-state index >= 15 is 0 Å². The van der Waals surface area contributed by atoms with Gasteiger partial charge in [0.05, 0.1) is 12.5 Å². The molecule has 4 heteroatoms. The summed E-state index contributed by atoms with van der Waals surface area (Å²) in [5.41, 5.74) is 2.30. The summed E-state index contributed by atoms with van der Waals surface area (Å²) in [7, 11) is 0. The molecule has 0 aliphatic rings. The van der Waals surface area contributed by atoms with Crippen LogP contribution in [0.1, 0.15) is 18.1 Å². The fourth-order valence-electron chi connectivity index (χ4n) is 2.15. The molecule has 1 heterocycles. The molecular weight excluding hydrogens is 281 g/mol. The molecule has 0 bridgehead atoms. The van der Waals surface area contributed by atoms with Crippen molar-refractivity contribution in [2.24, 2.45) is 0 Å². The van der Waals surface area contributed by atoms with Gasteiger partial charge in [-0.1, -0.05) is 36.2 Å². The Morgan fingerprint density at radius 1 is 1.21 bits per heavy atom. The Hall–Kier alpha value is -0.960. The minimum atomic E-state index is 0.335. The highest BCUT2D eigenvalue weighted by Gasteiger charge is 2.12. The molecule has 0 fully saturated rings. The van der Waals surface area contributed by atoms with Crippen LogP contribution in [0.3, 0.4) is 0 Å². The minimum absolute atomic E-state index is 0.335. The highest BCUT2D eigenvalue weighted by molar-refractivity contribution is 6.35. The Morgan fingerprint density at radius 3 is 2.68 bits per heavy atom. The molecule has 0 radical (unpaired) electrons. The third-order valence-electron chi connectivity index (χ3n) is 3.04. The fraction of sp³-hybridized carbons (Fsp3) is 0.333. The Balaban J connectivity index is 2.07. The summed E-state index contributed by atoms with van der Waals surface area (Å²) >= 11 is 12.1. The summed E-state index contributed by atoms with van der Waals surface area (Å²) in [5.74, 6) is 0. The molecule has 1 aromatic carbocycles. The van der Waals surface area contributed by atoms with Crippen LogP contribution in [-0.2, 0) is 12.8 Å². The molecule has 1 aromatic heterocycles. The quantitative estimate of drug-likeness (QED) is 0.857. The maximum absolute atomic E-state index is 6.22. The van der Waals surface area contributed by atoms with Crippen molar-refractivity contribution in [3.63, 3.8) is 0 Å². The second-order valence-corrected chi connectivity index (χ2v) is 5.37. The van der Waals surface area contributed by atoms with Gasteiger partial charge in [-0.2, -0.15) is 0 Å². The van der Waals surface area contributed by atoms with Crippen molar-refractivity contribution < 1.29 is 4.42 Å². The van der Waals surface area contributed by atoms with Gasteiger partial charge >= 0.3 is 0 Å². The molecule has 2 nitrogen and oxygen atoms in total. The lowest BCUT2D eigenvalue weighted by atomic mass is 10.0. The third-order valence-corrected chi connectivity index (χ3v) is 3.62. The molecule has 2 aromatic rings. The zero-order valence-corrected chi connectivity index (χ0v) is 12.3. The zero-order valence-electron chi connectivity index (χ0n) is 10.8. The molecule has 0 spiro atoms. The van der Waals surface area contributed by atoms with E-state index in [2.05, 4.69) is 12.2 Å². The topological polar surface area (TPSA) is 25.2 Å². The van der Waals surface area contributed by atoms with E-state index < -0.39 is 0 Å². The molecule has 1 N–H and O–H groups in total. The number of rotatable bonds is 6. The van der Waals surface area contributed by atoms with E-state index in [9.17, 15) is 0 Å². The Bertz CT molecular complexity index is 511. The van der Waals surface area contributed by atoms with Gasteiger partial charge < -0.3 is 9.73 Å². The van der Waals surface area contributed by atoms with E-state index in [0.717, 1.165) is 30.0 Å². The normalized spacial score (nSPS) is 12.6. The van der Waals surface area contributed by atoms with E-state index in [1.54, 1.807) is 18.6 Å². The van der Waals surface area contributed by atoms with Crippen molar-refractivity contribution in [1.82, 2.24) is 5.32 Å². The fourth-order valence-corrected chi connectivity index (χ4v) is 2.64. The summed E-state index contributed by atoms with van der Waals surface area (Å²) in [6.45, 7) is 3.03. The van der Waals surface area contributed by atoms with Gasteiger partial charge in [0.2, 0.25) is 0 Å². The molecule has 0 amide bonds. The highest BCUT2D eigenvalue weighted by atomic mass is 35.5. The highest BCUT2D eigenvalue weighted by Crippen LogP contribution is 2.22. The van der Waals surface area contributed by atoms with Gasteiger partial charge in [-0.05, 0) is 48.7 Å². The summed E-state index contributed by atoms with van der Waals surface area (Å²) < 4.78 is 5.11. The lowest BCUT2D eigenvalue weighted by Gasteiger charge is -2.18. The van der Waals surface area contributed by atoms with Crippen LogP contribution in [0.15, 0.2) is 41.2 Å². The van der Waals surface area contributed by atoms with Crippen LogP contribution in [0, 0.1) is 0 Å². The number of likely N-dealkylation sites (N-methyl/N-ethyl adjacent to an activating group) is 1. The maximum atomic E-state index is 6.22. The summed E-state index contributed by atoms with van der Waals surface area (Å²) in [4.78, 5) is 0. The van der Waals surface area contributed by atoms with Crippen LogP contribution in [0.25, 0.3) is 0 Å². The summed E-state index contributed by atoms with van der Waals surface area (Å²) in [6, 6.07) is 7.99. The van der Waals surface area contributed by atoms with Gasteiger partial charge in [0.1, 0.15) is 0 Å². The number of nitrogens with one attached hydrogen (secondary N) is 1. The molecule has 0 saturated carbocycles. The molecule has 19 heavy (non-hydrogen) atoms. The van der Waals surface area contributed by atoms with Gasteiger partial charge in [-0.25, -0.2) is 0 Å². The van der Waals surface area contributed by atoms with Gasteiger partial charge in [0, 0.05) is 16.1 Å². The van der Waals surface area contributed by atoms with Crippen molar-refractivity contribution >= 4 is 23.2 Å². The molecular formula is C15H17Cl2NO. The van der Waals surface area contributed by atoms with Gasteiger partial charge in [0.15, 0.2) is 0 Å². The SMILES string of the molecule is CCNC(Cc1ccoc1)Cc1ccc(Cl)cc1Cl. The standard InChI is InChI=1S/C15H17Cl2NO/c1-2-18-14(7-11-5-6-19-10-11)8-12-3-4-13(16)9-15(12)17/h3-6,9-10,14,18H,2,7-8H2,1H3. The van der Waals surface area contributed by atoms with Crippen LogP contribution in [0.2, 0.25) is 10.0 Å². The van der Waals surface area contributed by atoms with Gasteiger partial charge in [-0.3, -0.25) is 0 Å². The van der Waals surface area contributed by atoms with E-state index in [1.807, 2.05) is 18.2 Å². The van der Waals surface area contributed by atoms with E-state index in [-0.39, 0.29) is 0 Å². The molecule has 1 unspecified atom stereocenters. The van der Waals surface area contributed by atoms with Crippen LogP contribution in [0.5, 0.6) is 0 Å². The van der Waals surface area contributed by atoms with E-state index in [1.165, 1.54) is 5.56 Å². The van der Waals surface area contributed by atoms with Crippen molar-refractivity contribution in [1.29, 1.82) is 0 Å². The van der Waals surface area contributed by atoms with Crippen LogP contribution < -0.4 is 5.32 Å². The average molecular weight is 298 g/mol. The molecule has 0 aliphatic carbocycles. The number of furan rings is 1. The van der Waals surface area contributed by atoms with Crippen LogP contribution >= 0.6 is 23.2 Å². The molecule has 1 atom stereocenters. The second kappa shape index (κ2) is 6.99. The summed E-state index contributed by atoms with van der Waals surface area (Å²) in [6.07, 6.45) is 5.28. The Labute approximate surface area is 123 Å². The lowest BCUT2D eigenvalue weighted by molar-refractivity contribution is 0.514. The Morgan fingerprint density at radius 2 is 2.05 bits per heavy atom. The first-order chi connectivity index (χ1) is 9.19. The van der Waals surface area contributed by atoms with Crippen LogP contribution in [-0.4, -0.2) is 12.6 Å². The molecule has 2 rings (SSSR count).